The summed E-state index contributed by atoms with van der Waals surface area (Å²) in [5.41, 5.74) is 0.770. The van der Waals surface area contributed by atoms with Crippen molar-refractivity contribution in [2.45, 2.75) is 99.1 Å². The van der Waals surface area contributed by atoms with E-state index in [1.54, 1.807) is 12.3 Å². The van der Waals surface area contributed by atoms with Gasteiger partial charge in [-0.1, -0.05) is 61.0 Å². The van der Waals surface area contributed by atoms with Crippen LogP contribution in [0, 0.1) is 17.8 Å². The first-order valence-corrected chi connectivity index (χ1v) is 16.1. The maximum atomic E-state index is 14.5. The number of carboxylic acid groups (broad SMARTS) is 1. The second kappa shape index (κ2) is 19.9. The SMILES string of the molecule is CC.CC(C)C.CCCC1CC(C)CN(Cc2cnc(-c3cc(C4CCNCC4(F)F)ccc3OC(F)F)s2)C1.O=CO. The predicted molar refractivity (Wildman–Crippen MR) is 167 cm³/mol. The van der Waals surface area contributed by atoms with E-state index in [4.69, 9.17) is 14.6 Å². The van der Waals surface area contributed by atoms with E-state index in [-0.39, 0.29) is 18.6 Å². The summed E-state index contributed by atoms with van der Waals surface area (Å²) >= 11 is 1.41. The fourth-order valence-corrected chi connectivity index (χ4v) is 6.42. The van der Waals surface area contributed by atoms with E-state index in [0.717, 1.165) is 30.4 Å². The molecule has 1 aromatic carbocycles. The number of rotatable bonds is 8. The maximum absolute atomic E-state index is 14.5. The van der Waals surface area contributed by atoms with Crippen molar-refractivity contribution in [1.82, 2.24) is 15.2 Å². The topological polar surface area (TPSA) is 74.7 Å². The summed E-state index contributed by atoms with van der Waals surface area (Å²) in [7, 11) is 0. The third kappa shape index (κ3) is 13.5. The molecule has 0 amide bonds. The van der Waals surface area contributed by atoms with Crippen LogP contribution < -0.4 is 10.1 Å². The number of likely N-dealkylation sites (tertiary alicyclic amines) is 1. The number of hydrogen-bond acceptors (Lipinski definition) is 6. The van der Waals surface area contributed by atoms with Gasteiger partial charge in [-0.15, -0.1) is 11.3 Å². The van der Waals surface area contributed by atoms with Gasteiger partial charge in [-0.3, -0.25) is 9.69 Å². The van der Waals surface area contributed by atoms with Crippen molar-refractivity contribution >= 4 is 17.8 Å². The molecule has 0 aliphatic carbocycles. The van der Waals surface area contributed by atoms with Crippen molar-refractivity contribution in [2.24, 2.45) is 17.8 Å². The molecule has 0 spiro atoms. The number of nitrogens with zero attached hydrogens (tertiary/aromatic N) is 2. The van der Waals surface area contributed by atoms with Crippen LogP contribution in [0.25, 0.3) is 10.6 Å². The summed E-state index contributed by atoms with van der Waals surface area (Å²) < 4.78 is 60.0. The van der Waals surface area contributed by atoms with E-state index in [2.05, 4.69) is 49.8 Å². The minimum absolute atomic E-state index is 0.0356. The highest BCUT2D eigenvalue weighted by molar-refractivity contribution is 7.15. The molecular formula is C32H51F4N3O3S. The lowest BCUT2D eigenvalue weighted by Crippen LogP contribution is -2.44. The van der Waals surface area contributed by atoms with Crippen molar-refractivity contribution < 1.29 is 32.2 Å². The lowest BCUT2D eigenvalue weighted by atomic mass is 9.86. The van der Waals surface area contributed by atoms with Gasteiger partial charge < -0.3 is 15.2 Å². The fraction of sp³-hybridized carbons (Fsp3) is 0.688. The Morgan fingerprint density at radius 3 is 2.47 bits per heavy atom. The molecule has 3 atom stereocenters. The van der Waals surface area contributed by atoms with E-state index in [9.17, 15) is 17.6 Å². The number of hydrogen-bond donors (Lipinski definition) is 2. The molecule has 0 saturated carbocycles. The van der Waals surface area contributed by atoms with Crippen LogP contribution in [0.2, 0.25) is 0 Å². The van der Waals surface area contributed by atoms with Crippen LogP contribution in [0.3, 0.4) is 0 Å². The molecule has 246 valence electrons. The summed E-state index contributed by atoms with van der Waals surface area (Å²) in [4.78, 5) is 16.3. The van der Waals surface area contributed by atoms with Gasteiger partial charge in [-0.05, 0) is 61.3 Å². The lowest BCUT2D eigenvalue weighted by Gasteiger charge is -2.36. The summed E-state index contributed by atoms with van der Waals surface area (Å²) in [5.74, 6) is -1.76. The highest BCUT2D eigenvalue weighted by atomic mass is 32.1. The largest absolute Gasteiger partial charge is 0.483 e. The molecule has 2 aromatic rings. The molecule has 2 saturated heterocycles. The first-order chi connectivity index (χ1) is 20.4. The molecule has 11 heteroatoms. The Kier molecular flexibility index (Phi) is 18.0. The molecule has 2 aliphatic heterocycles. The van der Waals surface area contributed by atoms with Crippen LogP contribution >= 0.6 is 11.3 Å². The predicted octanol–water partition coefficient (Wildman–Crippen LogP) is 8.77. The Morgan fingerprint density at radius 1 is 1.23 bits per heavy atom. The smallest absolute Gasteiger partial charge is 0.387 e. The minimum atomic E-state index is -3.00. The summed E-state index contributed by atoms with van der Waals surface area (Å²) in [6, 6.07) is 4.41. The molecule has 6 nitrogen and oxygen atoms in total. The number of thiazole rings is 1. The number of piperidine rings is 2. The number of carbonyl (C=O) groups is 1. The Hall–Kier alpha value is -2.24. The standard InChI is InChI=1S/C25H33F4N3OS.C4H10.C2H6.CH2O2/c1-3-4-17-9-16(2)12-32(13-17)14-19-11-31-23(34-19)20-10-18(5-6-22(20)33-24(26)27)21-7-8-30-15-25(21,28)29;1-4(2)3;1-2;2-1-3/h5-6,10-11,16-17,21,24,30H,3-4,7-9,12-15H2,1-2H3;4H,1-3H3;1-2H3;1H,(H,2,3). The Bertz CT molecular complexity index is 1050. The van der Waals surface area contributed by atoms with E-state index in [1.165, 1.54) is 42.7 Å². The molecule has 2 N–H and O–H groups in total. The van der Waals surface area contributed by atoms with Gasteiger partial charge in [-0.25, -0.2) is 13.8 Å². The van der Waals surface area contributed by atoms with Crippen LogP contribution in [0.5, 0.6) is 5.75 Å². The summed E-state index contributed by atoms with van der Waals surface area (Å²) in [6.07, 6.45) is 5.69. The van der Waals surface area contributed by atoms with Crippen molar-refractivity contribution in [3.63, 3.8) is 0 Å². The molecule has 1 aromatic heterocycles. The van der Waals surface area contributed by atoms with Gasteiger partial charge in [0.2, 0.25) is 0 Å². The molecule has 3 heterocycles. The first-order valence-electron chi connectivity index (χ1n) is 15.3. The van der Waals surface area contributed by atoms with Crippen molar-refractivity contribution in [1.29, 1.82) is 0 Å². The Balaban J connectivity index is 0.000000916. The van der Waals surface area contributed by atoms with Gasteiger partial charge in [0.05, 0.1) is 18.0 Å². The number of benzene rings is 1. The van der Waals surface area contributed by atoms with Crippen LogP contribution in [-0.2, 0) is 11.3 Å². The monoisotopic (exact) mass is 633 g/mol. The van der Waals surface area contributed by atoms with E-state index < -0.39 is 25.0 Å². The Morgan fingerprint density at radius 2 is 1.88 bits per heavy atom. The summed E-state index contributed by atoms with van der Waals surface area (Å²) in [6.45, 7) is 14.7. The zero-order valence-corrected chi connectivity index (χ0v) is 27.5. The molecule has 0 bridgehead atoms. The van der Waals surface area contributed by atoms with E-state index in [0.29, 0.717) is 34.5 Å². The van der Waals surface area contributed by atoms with Crippen LogP contribution in [0.15, 0.2) is 24.4 Å². The van der Waals surface area contributed by atoms with Crippen LogP contribution in [0.1, 0.15) is 90.5 Å². The molecule has 0 radical (unpaired) electrons. The third-order valence-electron chi connectivity index (χ3n) is 6.78. The average molecular weight is 634 g/mol. The highest BCUT2D eigenvalue weighted by Crippen LogP contribution is 2.42. The van der Waals surface area contributed by atoms with E-state index in [1.807, 2.05) is 13.8 Å². The second-order valence-electron chi connectivity index (χ2n) is 11.6. The molecule has 2 aliphatic rings. The molecule has 4 rings (SSSR count). The van der Waals surface area contributed by atoms with Crippen molar-refractivity contribution in [3.05, 3.63) is 34.8 Å². The van der Waals surface area contributed by atoms with Gasteiger partial charge >= 0.3 is 6.61 Å². The second-order valence-corrected chi connectivity index (χ2v) is 12.7. The quantitative estimate of drug-likeness (QED) is 0.224. The fourth-order valence-electron chi connectivity index (χ4n) is 5.45. The molecular weight excluding hydrogens is 582 g/mol. The number of halogens is 4. The minimum Gasteiger partial charge on any atom is -0.483 e. The highest BCUT2D eigenvalue weighted by Gasteiger charge is 2.42. The maximum Gasteiger partial charge on any atom is 0.387 e. The van der Waals surface area contributed by atoms with Gasteiger partial charge in [0.1, 0.15) is 10.8 Å². The number of ether oxygens (including phenoxy) is 1. The third-order valence-corrected chi connectivity index (χ3v) is 7.80. The van der Waals surface area contributed by atoms with E-state index >= 15 is 0 Å². The van der Waals surface area contributed by atoms with Gasteiger partial charge in [0, 0.05) is 30.7 Å². The van der Waals surface area contributed by atoms with Gasteiger partial charge in [-0.2, -0.15) is 8.78 Å². The lowest BCUT2D eigenvalue weighted by molar-refractivity contribution is -0.122. The molecule has 43 heavy (non-hydrogen) atoms. The number of aromatic nitrogens is 1. The van der Waals surface area contributed by atoms with Crippen LogP contribution in [0.4, 0.5) is 17.6 Å². The normalized spacial score (nSPS) is 21.5. The average Bonchev–Trinajstić information content (AvgIpc) is 3.38. The van der Waals surface area contributed by atoms with Crippen molar-refractivity contribution in [2.75, 3.05) is 26.2 Å². The molecule has 2 fully saturated rings. The zero-order chi connectivity index (χ0) is 32.6. The van der Waals surface area contributed by atoms with Crippen LogP contribution in [-0.4, -0.2) is 60.2 Å². The Labute approximate surface area is 259 Å². The number of alkyl halides is 4. The zero-order valence-electron chi connectivity index (χ0n) is 26.7. The molecule has 3 unspecified atom stereocenters. The summed E-state index contributed by atoms with van der Waals surface area (Å²) in [5, 5.41) is 10.1. The van der Waals surface area contributed by atoms with Gasteiger partial charge in [0.25, 0.3) is 12.4 Å². The number of nitrogens with one attached hydrogen (secondary N) is 1. The van der Waals surface area contributed by atoms with Crippen molar-refractivity contribution in [3.8, 4) is 16.3 Å². The first kappa shape index (κ1) is 38.8. The van der Waals surface area contributed by atoms with Gasteiger partial charge in [0.15, 0.2) is 0 Å².